The Bertz CT molecular complexity index is 747. The molecule has 0 aliphatic carbocycles. The Labute approximate surface area is 148 Å². The molecule has 0 unspecified atom stereocenters. The van der Waals surface area contributed by atoms with E-state index >= 15 is 0 Å². The van der Waals surface area contributed by atoms with Gasteiger partial charge in [-0.2, -0.15) is 0 Å². The van der Waals surface area contributed by atoms with Gasteiger partial charge in [0.05, 0.1) is 15.9 Å². The van der Waals surface area contributed by atoms with Gasteiger partial charge in [0.2, 0.25) is 0 Å². The summed E-state index contributed by atoms with van der Waals surface area (Å²) in [5, 5.41) is 10.9. The molecule has 1 amide bonds. The summed E-state index contributed by atoms with van der Waals surface area (Å²) < 4.78 is 5.93. The minimum absolute atomic E-state index is 0.134. The molecule has 0 aliphatic heterocycles. The number of nitro groups is 1. The van der Waals surface area contributed by atoms with Gasteiger partial charge in [0, 0.05) is 18.7 Å². The quantitative estimate of drug-likeness (QED) is 0.553. The van der Waals surface area contributed by atoms with E-state index in [9.17, 15) is 14.9 Å². The van der Waals surface area contributed by atoms with Crippen LogP contribution in [0.1, 0.15) is 15.9 Å². The number of hydrogen-bond acceptors (Lipinski definition) is 4. The summed E-state index contributed by atoms with van der Waals surface area (Å²) >= 11 is 3.10. The number of ether oxygens (including phenoxy) is 1. The van der Waals surface area contributed by atoms with E-state index in [2.05, 4.69) is 15.9 Å². The molecule has 0 N–H and O–H groups in total. The van der Waals surface area contributed by atoms with Crippen molar-refractivity contribution in [1.29, 1.82) is 0 Å². The van der Waals surface area contributed by atoms with Crippen LogP contribution in [0.2, 0.25) is 0 Å². The molecular weight excluding hydrogens is 376 g/mol. The molecule has 0 saturated heterocycles. The van der Waals surface area contributed by atoms with E-state index in [1.165, 1.54) is 17.0 Å². The van der Waals surface area contributed by atoms with Gasteiger partial charge in [0.25, 0.3) is 11.6 Å². The van der Waals surface area contributed by atoms with E-state index < -0.39 is 4.92 Å². The van der Waals surface area contributed by atoms with Crippen molar-refractivity contribution in [1.82, 2.24) is 4.90 Å². The molecule has 0 spiro atoms. The Morgan fingerprint density at radius 2 is 1.92 bits per heavy atom. The number of halogens is 1. The van der Waals surface area contributed by atoms with Crippen LogP contribution in [0.4, 0.5) is 5.69 Å². The summed E-state index contributed by atoms with van der Waals surface area (Å²) in [6, 6.07) is 12.0. The number of nitrogens with zero attached hydrogens (tertiary/aromatic N) is 2. The topological polar surface area (TPSA) is 72.7 Å². The zero-order valence-corrected chi connectivity index (χ0v) is 14.9. The van der Waals surface area contributed by atoms with Gasteiger partial charge in [0.1, 0.15) is 12.4 Å². The fourth-order valence-corrected chi connectivity index (χ4v) is 2.43. The molecular formula is C17H17BrN2O4. The van der Waals surface area contributed by atoms with Crippen LogP contribution in [-0.2, 0) is 0 Å². The Morgan fingerprint density at radius 3 is 2.54 bits per heavy atom. The summed E-state index contributed by atoms with van der Waals surface area (Å²) in [6.07, 6.45) is 0. The maximum Gasteiger partial charge on any atom is 0.284 e. The molecule has 0 bridgehead atoms. The number of nitro benzene ring substituents is 1. The van der Waals surface area contributed by atoms with Crippen LogP contribution in [0.3, 0.4) is 0 Å². The van der Waals surface area contributed by atoms with E-state index in [-0.39, 0.29) is 17.2 Å². The molecule has 0 atom stereocenters. The second kappa shape index (κ2) is 7.92. The SMILES string of the molecule is Cc1ccc(OCCN(C)C(=O)c2ccc(Br)c([N+](=O)[O-])c2)cc1. The monoisotopic (exact) mass is 392 g/mol. The highest BCUT2D eigenvalue weighted by molar-refractivity contribution is 9.10. The van der Waals surface area contributed by atoms with Gasteiger partial charge in [-0.25, -0.2) is 0 Å². The van der Waals surface area contributed by atoms with Crippen LogP contribution in [0, 0.1) is 17.0 Å². The van der Waals surface area contributed by atoms with Crippen LogP contribution in [0.5, 0.6) is 5.75 Å². The molecule has 7 heteroatoms. The van der Waals surface area contributed by atoms with Crippen LogP contribution in [0.15, 0.2) is 46.9 Å². The lowest BCUT2D eigenvalue weighted by molar-refractivity contribution is -0.385. The molecule has 2 aromatic rings. The van der Waals surface area contributed by atoms with Crippen molar-refractivity contribution in [2.45, 2.75) is 6.92 Å². The first-order valence-corrected chi connectivity index (χ1v) is 8.06. The second-order valence-corrected chi connectivity index (χ2v) is 6.17. The van der Waals surface area contributed by atoms with Crippen molar-refractivity contribution >= 4 is 27.5 Å². The third-order valence-electron chi connectivity index (χ3n) is 3.45. The Kier molecular flexibility index (Phi) is 5.92. The van der Waals surface area contributed by atoms with Gasteiger partial charge >= 0.3 is 0 Å². The molecule has 0 aliphatic rings. The summed E-state index contributed by atoms with van der Waals surface area (Å²) in [4.78, 5) is 24.2. The zero-order chi connectivity index (χ0) is 17.7. The highest BCUT2D eigenvalue weighted by Crippen LogP contribution is 2.26. The number of carbonyl (C=O) groups is 1. The van der Waals surface area contributed by atoms with Crippen molar-refractivity contribution in [3.63, 3.8) is 0 Å². The van der Waals surface area contributed by atoms with Crippen molar-refractivity contribution in [2.75, 3.05) is 20.2 Å². The summed E-state index contributed by atoms with van der Waals surface area (Å²) in [5.74, 6) is 0.443. The minimum Gasteiger partial charge on any atom is -0.492 e. The molecule has 0 radical (unpaired) electrons. The molecule has 2 rings (SSSR count). The molecule has 24 heavy (non-hydrogen) atoms. The van der Waals surface area contributed by atoms with E-state index in [1.807, 2.05) is 31.2 Å². The van der Waals surface area contributed by atoms with Gasteiger partial charge in [-0.3, -0.25) is 14.9 Å². The third-order valence-corrected chi connectivity index (χ3v) is 4.12. The molecule has 0 aromatic heterocycles. The predicted octanol–water partition coefficient (Wildman–Crippen LogP) is 3.82. The molecule has 6 nitrogen and oxygen atoms in total. The first kappa shape index (κ1) is 17.9. The first-order valence-electron chi connectivity index (χ1n) is 7.27. The first-order chi connectivity index (χ1) is 11.4. The third kappa shape index (κ3) is 4.55. The van der Waals surface area contributed by atoms with Gasteiger partial charge in [-0.1, -0.05) is 17.7 Å². The van der Waals surface area contributed by atoms with Gasteiger partial charge in [-0.15, -0.1) is 0 Å². The highest BCUT2D eigenvalue weighted by atomic mass is 79.9. The number of carbonyl (C=O) groups excluding carboxylic acids is 1. The summed E-state index contributed by atoms with van der Waals surface area (Å²) in [6.45, 7) is 2.70. The molecule has 0 saturated carbocycles. The van der Waals surface area contributed by atoms with E-state index in [0.717, 1.165) is 11.3 Å². The molecule has 2 aromatic carbocycles. The lowest BCUT2D eigenvalue weighted by Crippen LogP contribution is -2.30. The predicted molar refractivity (Wildman–Crippen MR) is 94.4 cm³/mol. The number of benzene rings is 2. The fourth-order valence-electron chi connectivity index (χ4n) is 2.04. The number of likely N-dealkylation sites (N-methyl/N-ethyl adjacent to an activating group) is 1. The largest absolute Gasteiger partial charge is 0.492 e. The average molecular weight is 393 g/mol. The molecule has 0 heterocycles. The van der Waals surface area contributed by atoms with Gasteiger partial charge < -0.3 is 9.64 Å². The number of amides is 1. The molecule has 0 fully saturated rings. The van der Waals surface area contributed by atoms with Crippen LogP contribution >= 0.6 is 15.9 Å². The normalized spacial score (nSPS) is 10.3. The zero-order valence-electron chi connectivity index (χ0n) is 13.4. The standard InChI is InChI=1S/C17H17BrN2O4/c1-12-3-6-14(7-4-12)24-10-9-19(2)17(21)13-5-8-15(18)16(11-13)20(22)23/h3-8,11H,9-10H2,1-2H3. The van der Waals surface area contributed by atoms with Crippen LogP contribution in [0.25, 0.3) is 0 Å². The number of rotatable bonds is 6. The number of aryl methyl sites for hydroxylation is 1. The van der Waals surface area contributed by atoms with Crippen molar-refractivity contribution in [3.05, 3.63) is 68.2 Å². The van der Waals surface area contributed by atoms with Gasteiger partial charge in [-0.05, 0) is 47.1 Å². The van der Waals surface area contributed by atoms with E-state index in [0.29, 0.717) is 17.6 Å². The van der Waals surface area contributed by atoms with Crippen LogP contribution in [-0.4, -0.2) is 35.9 Å². The van der Waals surface area contributed by atoms with Crippen molar-refractivity contribution in [3.8, 4) is 5.75 Å². The van der Waals surface area contributed by atoms with E-state index in [1.54, 1.807) is 13.1 Å². The average Bonchev–Trinajstić information content (AvgIpc) is 2.56. The Morgan fingerprint density at radius 1 is 1.25 bits per heavy atom. The Balaban J connectivity index is 1.95. The summed E-state index contributed by atoms with van der Waals surface area (Å²) in [7, 11) is 1.63. The van der Waals surface area contributed by atoms with Crippen molar-refractivity contribution < 1.29 is 14.5 Å². The fraction of sp³-hybridized carbons (Fsp3) is 0.235. The van der Waals surface area contributed by atoms with Crippen LogP contribution < -0.4 is 4.74 Å². The minimum atomic E-state index is -0.526. The maximum absolute atomic E-state index is 12.4. The van der Waals surface area contributed by atoms with Gasteiger partial charge in [0.15, 0.2) is 0 Å². The second-order valence-electron chi connectivity index (χ2n) is 5.31. The Hall–Kier alpha value is -2.41. The van der Waals surface area contributed by atoms with Crippen molar-refractivity contribution in [2.24, 2.45) is 0 Å². The lowest BCUT2D eigenvalue weighted by Gasteiger charge is -2.17. The van der Waals surface area contributed by atoms with E-state index in [4.69, 9.17) is 4.74 Å². The maximum atomic E-state index is 12.4. The summed E-state index contributed by atoms with van der Waals surface area (Å²) in [5.41, 5.74) is 1.28. The molecule has 126 valence electrons. The smallest absolute Gasteiger partial charge is 0.284 e. The lowest BCUT2D eigenvalue weighted by atomic mass is 10.2. The highest BCUT2D eigenvalue weighted by Gasteiger charge is 2.18. The number of hydrogen-bond donors (Lipinski definition) is 0.